The number of halogens is 1. The Morgan fingerprint density at radius 3 is 2.36 bits per heavy atom. The molecule has 1 aromatic carbocycles. The molecule has 0 aliphatic heterocycles. The highest BCUT2D eigenvalue weighted by Gasteiger charge is 2.12. The minimum atomic E-state index is -0.522. The molecule has 0 unspecified atom stereocenters. The van der Waals surface area contributed by atoms with Gasteiger partial charge in [-0.3, -0.25) is 0 Å². The van der Waals surface area contributed by atoms with E-state index in [2.05, 4.69) is 15.9 Å². The Kier molecular flexibility index (Phi) is 3.77. The molecule has 1 N–H and O–H groups in total. The fraction of sp³-hybridized carbons (Fsp3) is 0.400. The van der Waals surface area contributed by atoms with Gasteiger partial charge in [0.25, 0.3) is 0 Å². The highest BCUT2D eigenvalue weighted by atomic mass is 79.9. The lowest BCUT2D eigenvalue weighted by Gasteiger charge is -2.13. The van der Waals surface area contributed by atoms with E-state index >= 15 is 0 Å². The first-order valence-corrected chi connectivity index (χ1v) is 4.99. The van der Waals surface area contributed by atoms with Crippen molar-refractivity contribution in [3.8, 4) is 11.5 Å². The van der Waals surface area contributed by atoms with Gasteiger partial charge in [0.15, 0.2) is 11.5 Å². The third kappa shape index (κ3) is 2.19. The standard InChI is InChI=1S/C10H13BrO3/c1-6(12)7-4-8(11)10(14-3)9(5-7)13-2/h4-6,12H,1-3H3/t6-/m1/s1. The maximum absolute atomic E-state index is 9.41. The molecule has 1 atom stereocenters. The molecule has 1 aromatic rings. The quantitative estimate of drug-likeness (QED) is 0.908. The predicted molar refractivity (Wildman–Crippen MR) is 57.9 cm³/mol. The summed E-state index contributed by atoms with van der Waals surface area (Å²) in [5, 5.41) is 9.41. The Balaban J connectivity index is 3.24. The zero-order valence-corrected chi connectivity index (χ0v) is 9.96. The van der Waals surface area contributed by atoms with E-state index in [4.69, 9.17) is 9.47 Å². The number of hydrogen-bond acceptors (Lipinski definition) is 3. The number of aliphatic hydroxyl groups excluding tert-OH is 1. The lowest BCUT2D eigenvalue weighted by atomic mass is 10.1. The van der Waals surface area contributed by atoms with Crippen LogP contribution in [0.25, 0.3) is 0 Å². The van der Waals surface area contributed by atoms with Crippen molar-refractivity contribution in [1.82, 2.24) is 0 Å². The van der Waals surface area contributed by atoms with Gasteiger partial charge in [-0.25, -0.2) is 0 Å². The van der Waals surface area contributed by atoms with Crippen LogP contribution in [0.4, 0.5) is 0 Å². The summed E-state index contributed by atoms with van der Waals surface area (Å²) in [5.74, 6) is 1.25. The van der Waals surface area contributed by atoms with Crippen LogP contribution in [0.1, 0.15) is 18.6 Å². The highest BCUT2D eigenvalue weighted by molar-refractivity contribution is 9.10. The Labute approximate surface area is 91.8 Å². The largest absolute Gasteiger partial charge is 0.493 e. The smallest absolute Gasteiger partial charge is 0.174 e. The average molecular weight is 261 g/mol. The van der Waals surface area contributed by atoms with Gasteiger partial charge in [-0.1, -0.05) is 0 Å². The molecule has 14 heavy (non-hydrogen) atoms. The average Bonchev–Trinajstić information content (AvgIpc) is 2.16. The van der Waals surface area contributed by atoms with Crippen molar-refractivity contribution in [1.29, 1.82) is 0 Å². The molecule has 0 fully saturated rings. The minimum absolute atomic E-state index is 0.522. The fourth-order valence-corrected chi connectivity index (χ4v) is 1.80. The number of hydrogen-bond donors (Lipinski definition) is 1. The van der Waals surface area contributed by atoms with Gasteiger partial charge in [0.2, 0.25) is 0 Å². The SMILES string of the molecule is COc1cc([C@@H](C)O)cc(Br)c1OC. The highest BCUT2D eigenvalue weighted by Crippen LogP contribution is 2.37. The van der Waals surface area contributed by atoms with Crippen LogP contribution in [0.2, 0.25) is 0 Å². The van der Waals surface area contributed by atoms with E-state index in [1.54, 1.807) is 27.2 Å². The zero-order chi connectivity index (χ0) is 10.7. The maximum atomic E-state index is 9.41. The maximum Gasteiger partial charge on any atom is 0.174 e. The van der Waals surface area contributed by atoms with Crippen molar-refractivity contribution in [3.05, 3.63) is 22.2 Å². The summed E-state index contributed by atoms with van der Waals surface area (Å²) in [6.07, 6.45) is -0.522. The second-order valence-corrected chi connectivity index (χ2v) is 3.77. The Morgan fingerprint density at radius 1 is 1.29 bits per heavy atom. The molecule has 3 nitrogen and oxygen atoms in total. The summed E-state index contributed by atoms with van der Waals surface area (Å²) in [6, 6.07) is 3.57. The summed E-state index contributed by atoms with van der Waals surface area (Å²) in [4.78, 5) is 0. The van der Waals surface area contributed by atoms with Crippen molar-refractivity contribution in [3.63, 3.8) is 0 Å². The Morgan fingerprint density at radius 2 is 1.93 bits per heavy atom. The number of aliphatic hydroxyl groups is 1. The third-order valence-corrected chi connectivity index (χ3v) is 2.53. The van der Waals surface area contributed by atoms with Gasteiger partial charge in [-0.2, -0.15) is 0 Å². The van der Waals surface area contributed by atoms with Gasteiger partial charge < -0.3 is 14.6 Å². The number of methoxy groups -OCH3 is 2. The Bertz CT molecular complexity index is 323. The van der Waals surface area contributed by atoms with Gasteiger partial charge in [-0.15, -0.1) is 0 Å². The lowest BCUT2D eigenvalue weighted by molar-refractivity contribution is 0.198. The monoisotopic (exact) mass is 260 g/mol. The summed E-state index contributed by atoms with van der Waals surface area (Å²) in [7, 11) is 3.14. The summed E-state index contributed by atoms with van der Waals surface area (Å²) in [5.41, 5.74) is 0.787. The minimum Gasteiger partial charge on any atom is -0.493 e. The fourth-order valence-electron chi connectivity index (χ4n) is 1.18. The number of rotatable bonds is 3. The van der Waals surface area contributed by atoms with Crippen LogP contribution in [0.15, 0.2) is 16.6 Å². The molecule has 0 amide bonds. The first-order chi connectivity index (χ1) is 6.60. The normalized spacial score (nSPS) is 12.4. The van der Waals surface area contributed by atoms with Gasteiger partial charge in [0.1, 0.15) is 0 Å². The molecule has 0 aliphatic rings. The van der Waals surface area contributed by atoms with Crippen molar-refractivity contribution in [2.24, 2.45) is 0 Å². The molecule has 0 aromatic heterocycles. The van der Waals surface area contributed by atoms with E-state index in [9.17, 15) is 5.11 Å². The van der Waals surface area contributed by atoms with E-state index in [1.807, 2.05) is 6.07 Å². The first kappa shape index (κ1) is 11.3. The molecule has 0 saturated heterocycles. The topological polar surface area (TPSA) is 38.7 Å². The van der Waals surface area contributed by atoms with Gasteiger partial charge in [-0.05, 0) is 40.5 Å². The van der Waals surface area contributed by atoms with E-state index < -0.39 is 6.10 Å². The zero-order valence-electron chi connectivity index (χ0n) is 8.37. The third-order valence-electron chi connectivity index (χ3n) is 1.94. The van der Waals surface area contributed by atoms with Crippen molar-refractivity contribution in [2.45, 2.75) is 13.0 Å². The molecule has 0 bridgehead atoms. The molecule has 4 heteroatoms. The summed E-state index contributed by atoms with van der Waals surface area (Å²) >= 11 is 3.35. The summed E-state index contributed by atoms with van der Waals surface area (Å²) in [6.45, 7) is 1.70. The van der Waals surface area contributed by atoms with Crippen LogP contribution in [0.3, 0.4) is 0 Å². The van der Waals surface area contributed by atoms with Crippen LogP contribution in [-0.4, -0.2) is 19.3 Å². The first-order valence-electron chi connectivity index (χ1n) is 4.19. The molecule has 0 aliphatic carbocycles. The number of benzene rings is 1. The Hall–Kier alpha value is -0.740. The molecule has 78 valence electrons. The molecule has 0 heterocycles. The van der Waals surface area contributed by atoms with Crippen LogP contribution in [-0.2, 0) is 0 Å². The predicted octanol–water partition coefficient (Wildman–Crippen LogP) is 2.52. The van der Waals surface area contributed by atoms with Crippen LogP contribution in [0, 0.1) is 0 Å². The molecule has 0 saturated carbocycles. The second-order valence-electron chi connectivity index (χ2n) is 2.91. The molecule has 0 radical (unpaired) electrons. The van der Waals surface area contributed by atoms with Gasteiger partial charge >= 0.3 is 0 Å². The van der Waals surface area contributed by atoms with E-state index in [0.717, 1.165) is 10.0 Å². The molecule has 1 rings (SSSR count). The van der Waals surface area contributed by atoms with Gasteiger partial charge in [0, 0.05) is 0 Å². The molecular weight excluding hydrogens is 248 g/mol. The van der Waals surface area contributed by atoms with E-state index in [-0.39, 0.29) is 0 Å². The van der Waals surface area contributed by atoms with Crippen molar-refractivity contribution < 1.29 is 14.6 Å². The van der Waals surface area contributed by atoms with Gasteiger partial charge in [0.05, 0.1) is 24.8 Å². The second kappa shape index (κ2) is 4.66. The van der Waals surface area contributed by atoms with Crippen molar-refractivity contribution in [2.75, 3.05) is 14.2 Å². The van der Waals surface area contributed by atoms with Crippen molar-refractivity contribution >= 4 is 15.9 Å². The summed E-state index contributed by atoms with van der Waals surface area (Å²) < 4.78 is 11.1. The van der Waals surface area contributed by atoms with E-state index in [0.29, 0.717) is 11.5 Å². The molecular formula is C10H13BrO3. The van der Waals surface area contributed by atoms with Crippen LogP contribution < -0.4 is 9.47 Å². The van der Waals surface area contributed by atoms with Crippen LogP contribution in [0.5, 0.6) is 11.5 Å². The lowest BCUT2D eigenvalue weighted by Crippen LogP contribution is -1.96. The number of ether oxygens (including phenoxy) is 2. The van der Waals surface area contributed by atoms with Crippen LogP contribution >= 0.6 is 15.9 Å². The molecule has 0 spiro atoms. The van der Waals surface area contributed by atoms with E-state index in [1.165, 1.54) is 0 Å².